The van der Waals surface area contributed by atoms with Gasteiger partial charge in [0.2, 0.25) is 0 Å². The van der Waals surface area contributed by atoms with Gasteiger partial charge in [-0.2, -0.15) is 0 Å². The number of alkyl halides is 3. The van der Waals surface area contributed by atoms with Crippen LogP contribution >= 0.6 is 0 Å². The van der Waals surface area contributed by atoms with Crippen molar-refractivity contribution < 1.29 is 22.6 Å². The van der Waals surface area contributed by atoms with E-state index in [4.69, 9.17) is 4.74 Å². The Hall–Kier alpha value is -3.26. The first kappa shape index (κ1) is 20.6. The highest BCUT2D eigenvalue weighted by Gasteiger charge is 2.53. The Bertz CT molecular complexity index is 1070. The lowest BCUT2D eigenvalue weighted by Crippen LogP contribution is -2.32. The maximum atomic E-state index is 12.4. The van der Waals surface area contributed by atoms with Gasteiger partial charge in [0.15, 0.2) is 0 Å². The molecule has 5 rings (SSSR count). The lowest BCUT2D eigenvalue weighted by Gasteiger charge is -2.23. The third kappa shape index (κ3) is 4.50. The van der Waals surface area contributed by atoms with Gasteiger partial charge in [-0.15, -0.1) is 13.2 Å². The number of aromatic nitrogens is 1. The fraction of sp³-hybridized carbons (Fsp3) is 0.292. The van der Waals surface area contributed by atoms with Gasteiger partial charge in [0.05, 0.1) is 12.9 Å². The Morgan fingerprint density at radius 2 is 1.69 bits per heavy atom. The fourth-order valence-electron chi connectivity index (χ4n) is 4.18. The van der Waals surface area contributed by atoms with E-state index in [1.165, 1.54) is 12.1 Å². The van der Waals surface area contributed by atoms with E-state index in [1.54, 1.807) is 24.5 Å². The monoisotopic (exact) mass is 441 g/mol. The topological polar surface area (TPSA) is 37.8 Å². The first-order valence-electron chi connectivity index (χ1n) is 10.4. The minimum Gasteiger partial charge on any atom is -0.455 e. The van der Waals surface area contributed by atoms with Gasteiger partial charge in [0, 0.05) is 36.1 Å². The zero-order valence-corrected chi connectivity index (χ0v) is 17.3. The quantitative estimate of drug-likeness (QED) is 0.499. The van der Waals surface area contributed by atoms with E-state index in [0.29, 0.717) is 13.2 Å². The summed E-state index contributed by atoms with van der Waals surface area (Å²) in [5.74, 6) is 1.27. The van der Waals surface area contributed by atoms with Gasteiger partial charge in [0.1, 0.15) is 17.2 Å². The Labute approximate surface area is 184 Å². The van der Waals surface area contributed by atoms with Crippen molar-refractivity contribution in [3.63, 3.8) is 0 Å². The average molecular weight is 441 g/mol. The van der Waals surface area contributed by atoms with E-state index in [9.17, 15) is 13.2 Å². The summed E-state index contributed by atoms with van der Waals surface area (Å²) < 4.78 is 47.3. The third-order valence-electron chi connectivity index (χ3n) is 5.96. The molecule has 2 aromatic carbocycles. The number of hydrogen-bond donors (Lipinski definition) is 0. The SMILES string of the molecule is FC(F)(F)Oc1ccc(N2CN(Cc3ccncc3Oc3ccccc3)C3(CC3)C2)cc1. The normalized spacial score (nSPS) is 17.5. The molecule has 1 aliphatic carbocycles. The van der Waals surface area contributed by atoms with Crippen molar-refractivity contribution in [1.82, 2.24) is 9.88 Å². The summed E-state index contributed by atoms with van der Waals surface area (Å²) in [6.07, 6.45) is 1.00. The van der Waals surface area contributed by atoms with Gasteiger partial charge in [-0.25, -0.2) is 0 Å². The summed E-state index contributed by atoms with van der Waals surface area (Å²) in [5.41, 5.74) is 2.02. The summed E-state index contributed by atoms with van der Waals surface area (Å²) in [7, 11) is 0. The van der Waals surface area contributed by atoms with Crippen LogP contribution in [0.1, 0.15) is 18.4 Å². The van der Waals surface area contributed by atoms with E-state index in [1.807, 2.05) is 36.4 Å². The van der Waals surface area contributed by atoms with E-state index < -0.39 is 6.36 Å². The number of nitrogens with zero attached hydrogens (tertiary/aromatic N) is 3. The van der Waals surface area contributed by atoms with Gasteiger partial charge < -0.3 is 14.4 Å². The van der Waals surface area contributed by atoms with Crippen LogP contribution in [-0.4, -0.2) is 35.0 Å². The number of rotatable bonds is 6. The fourth-order valence-corrected chi connectivity index (χ4v) is 4.18. The van der Waals surface area contributed by atoms with Crippen molar-refractivity contribution in [3.8, 4) is 17.2 Å². The van der Waals surface area contributed by atoms with Crippen LogP contribution in [0.25, 0.3) is 0 Å². The van der Waals surface area contributed by atoms with Gasteiger partial charge in [-0.1, -0.05) is 18.2 Å². The molecule has 0 N–H and O–H groups in total. The highest BCUT2D eigenvalue weighted by atomic mass is 19.4. The van der Waals surface area contributed by atoms with Gasteiger partial charge in [-0.3, -0.25) is 9.88 Å². The Morgan fingerprint density at radius 1 is 0.938 bits per heavy atom. The summed E-state index contributed by atoms with van der Waals surface area (Å²) in [5, 5.41) is 0. The predicted octanol–water partition coefficient (Wildman–Crippen LogP) is 5.58. The molecule has 32 heavy (non-hydrogen) atoms. The molecule has 5 nitrogen and oxygen atoms in total. The van der Waals surface area contributed by atoms with Crippen molar-refractivity contribution in [3.05, 3.63) is 78.6 Å². The second kappa shape index (κ2) is 8.02. The number of hydrogen-bond acceptors (Lipinski definition) is 5. The predicted molar refractivity (Wildman–Crippen MR) is 114 cm³/mol. The molecular formula is C24H22F3N3O2. The molecule has 1 spiro atoms. The molecule has 2 aliphatic rings. The second-order valence-electron chi connectivity index (χ2n) is 8.20. The molecule has 1 saturated carbocycles. The largest absolute Gasteiger partial charge is 0.573 e. The molecule has 166 valence electrons. The highest BCUT2D eigenvalue weighted by Crippen LogP contribution is 2.48. The third-order valence-corrected chi connectivity index (χ3v) is 5.96. The Morgan fingerprint density at radius 3 is 2.38 bits per heavy atom. The molecule has 1 saturated heterocycles. The highest BCUT2D eigenvalue weighted by molar-refractivity contribution is 5.51. The van der Waals surface area contributed by atoms with Crippen molar-refractivity contribution in [2.45, 2.75) is 31.3 Å². The minimum absolute atomic E-state index is 0.0917. The summed E-state index contributed by atoms with van der Waals surface area (Å²) >= 11 is 0. The van der Waals surface area contributed by atoms with Crippen LogP contribution in [-0.2, 0) is 6.54 Å². The van der Waals surface area contributed by atoms with Crippen LogP contribution in [0.4, 0.5) is 18.9 Å². The van der Waals surface area contributed by atoms with Crippen molar-refractivity contribution in [2.75, 3.05) is 18.1 Å². The van der Waals surface area contributed by atoms with Crippen LogP contribution < -0.4 is 14.4 Å². The first-order chi connectivity index (χ1) is 15.4. The van der Waals surface area contributed by atoms with E-state index >= 15 is 0 Å². The average Bonchev–Trinajstić information content (AvgIpc) is 3.46. The summed E-state index contributed by atoms with van der Waals surface area (Å²) in [4.78, 5) is 8.83. The Balaban J connectivity index is 1.30. The van der Waals surface area contributed by atoms with Crippen molar-refractivity contribution >= 4 is 5.69 Å². The molecule has 2 fully saturated rings. The Kier molecular flexibility index (Phi) is 5.17. The number of benzene rings is 2. The zero-order valence-electron chi connectivity index (χ0n) is 17.3. The number of halogens is 3. The number of anilines is 1. The molecule has 8 heteroatoms. The van der Waals surface area contributed by atoms with Gasteiger partial charge in [0.25, 0.3) is 0 Å². The first-order valence-corrected chi connectivity index (χ1v) is 10.4. The van der Waals surface area contributed by atoms with E-state index in [0.717, 1.165) is 42.1 Å². The van der Waals surface area contributed by atoms with Gasteiger partial charge >= 0.3 is 6.36 Å². The summed E-state index contributed by atoms with van der Waals surface area (Å²) in [6, 6.07) is 17.6. The minimum atomic E-state index is -4.69. The van der Waals surface area contributed by atoms with Crippen LogP contribution in [0.3, 0.4) is 0 Å². The number of pyridine rings is 1. The lowest BCUT2D eigenvalue weighted by molar-refractivity contribution is -0.274. The molecule has 0 unspecified atom stereocenters. The zero-order chi connectivity index (χ0) is 22.2. The number of para-hydroxylation sites is 1. The van der Waals surface area contributed by atoms with Crippen LogP contribution in [0, 0.1) is 0 Å². The molecule has 0 atom stereocenters. The molecule has 0 bridgehead atoms. The molecule has 2 heterocycles. The molecule has 0 amide bonds. The number of ether oxygens (including phenoxy) is 2. The second-order valence-corrected chi connectivity index (χ2v) is 8.20. The smallest absolute Gasteiger partial charge is 0.455 e. The molecular weight excluding hydrogens is 419 g/mol. The van der Waals surface area contributed by atoms with Crippen LogP contribution in [0.5, 0.6) is 17.2 Å². The summed E-state index contributed by atoms with van der Waals surface area (Å²) in [6.45, 7) is 2.23. The van der Waals surface area contributed by atoms with E-state index in [-0.39, 0.29) is 11.3 Å². The maximum Gasteiger partial charge on any atom is 0.573 e. The standard InChI is InChI=1S/C24H22F3N3O2/c25-24(26,27)32-21-8-6-19(7-9-21)29-16-23(11-12-23)30(17-29)15-18-10-13-28-14-22(18)31-20-4-2-1-3-5-20/h1-10,13-14H,11-12,15-17H2. The van der Waals surface area contributed by atoms with Crippen LogP contribution in [0.15, 0.2) is 73.1 Å². The molecule has 0 radical (unpaired) electrons. The molecule has 1 aliphatic heterocycles. The molecule has 1 aromatic heterocycles. The van der Waals surface area contributed by atoms with Crippen molar-refractivity contribution in [1.29, 1.82) is 0 Å². The van der Waals surface area contributed by atoms with Gasteiger partial charge in [-0.05, 0) is 55.3 Å². The maximum absolute atomic E-state index is 12.4. The lowest BCUT2D eigenvalue weighted by atomic mass is 10.2. The van der Waals surface area contributed by atoms with E-state index in [2.05, 4.69) is 19.5 Å². The van der Waals surface area contributed by atoms with Crippen LogP contribution in [0.2, 0.25) is 0 Å². The van der Waals surface area contributed by atoms with Crippen molar-refractivity contribution in [2.24, 2.45) is 0 Å². The molecule has 3 aromatic rings.